The molecule has 1 rings (SSSR count). The quantitative estimate of drug-likeness (QED) is 0.824. The molecule has 1 aromatic rings. The van der Waals surface area contributed by atoms with Gasteiger partial charge in [0.15, 0.2) is 11.5 Å². The van der Waals surface area contributed by atoms with Crippen LogP contribution in [-0.4, -0.2) is 33.0 Å². The molecule has 0 fully saturated rings. The standard InChI is InChI=1S/C13H18O4/c1-15-11-9-13(17-3)12(16-2)8-10(11)6-4-5-7-14/h4,6,8-9,14H,5,7H2,1-3H3. The van der Waals surface area contributed by atoms with Gasteiger partial charge in [-0.3, -0.25) is 0 Å². The predicted octanol–water partition coefficient (Wildman–Crippen LogP) is 2.11. The zero-order valence-corrected chi connectivity index (χ0v) is 10.4. The predicted molar refractivity (Wildman–Crippen MR) is 66.8 cm³/mol. The lowest BCUT2D eigenvalue weighted by Gasteiger charge is -2.12. The fraction of sp³-hybridized carbons (Fsp3) is 0.385. The second-order valence-electron chi connectivity index (χ2n) is 3.36. The summed E-state index contributed by atoms with van der Waals surface area (Å²) in [6.07, 6.45) is 4.37. The summed E-state index contributed by atoms with van der Waals surface area (Å²) in [5.41, 5.74) is 0.888. The lowest BCUT2D eigenvalue weighted by molar-refractivity contribution is 0.303. The molecule has 0 aliphatic heterocycles. The number of aliphatic hydroxyl groups is 1. The summed E-state index contributed by atoms with van der Waals surface area (Å²) in [4.78, 5) is 0. The molecule has 0 aromatic heterocycles. The molecule has 1 aromatic carbocycles. The van der Waals surface area contributed by atoms with Crippen molar-refractivity contribution < 1.29 is 19.3 Å². The van der Waals surface area contributed by atoms with Crippen molar-refractivity contribution >= 4 is 6.08 Å². The van der Waals surface area contributed by atoms with E-state index in [1.807, 2.05) is 18.2 Å². The third-order valence-electron chi connectivity index (χ3n) is 2.33. The second kappa shape index (κ2) is 6.81. The molecule has 1 N–H and O–H groups in total. The molecular weight excluding hydrogens is 220 g/mol. The van der Waals surface area contributed by atoms with Crippen LogP contribution >= 0.6 is 0 Å². The molecular formula is C13H18O4. The Morgan fingerprint density at radius 2 is 1.59 bits per heavy atom. The first-order chi connectivity index (χ1) is 8.26. The van der Waals surface area contributed by atoms with Crippen LogP contribution in [0.15, 0.2) is 18.2 Å². The average molecular weight is 238 g/mol. The number of methoxy groups -OCH3 is 3. The summed E-state index contributed by atoms with van der Waals surface area (Å²) < 4.78 is 15.7. The summed E-state index contributed by atoms with van der Waals surface area (Å²) in [6, 6.07) is 3.61. The summed E-state index contributed by atoms with van der Waals surface area (Å²) in [6.45, 7) is 0.131. The van der Waals surface area contributed by atoms with Crippen molar-refractivity contribution in [1.82, 2.24) is 0 Å². The molecule has 0 aliphatic carbocycles. The lowest BCUT2D eigenvalue weighted by atomic mass is 10.1. The first-order valence-corrected chi connectivity index (χ1v) is 5.34. The number of ether oxygens (including phenoxy) is 3. The minimum Gasteiger partial charge on any atom is -0.496 e. The van der Waals surface area contributed by atoms with E-state index < -0.39 is 0 Å². The van der Waals surface area contributed by atoms with Crippen LogP contribution in [0.5, 0.6) is 17.2 Å². The monoisotopic (exact) mass is 238 g/mol. The van der Waals surface area contributed by atoms with Gasteiger partial charge in [-0.2, -0.15) is 0 Å². The van der Waals surface area contributed by atoms with Gasteiger partial charge in [-0.15, -0.1) is 0 Å². The molecule has 94 valence electrons. The summed E-state index contributed by atoms with van der Waals surface area (Å²) in [5, 5.41) is 8.73. The van der Waals surface area contributed by atoms with Crippen LogP contribution in [0.25, 0.3) is 6.08 Å². The normalized spacial score (nSPS) is 10.6. The van der Waals surface area contributed by atoms with Crippen molar-refractivity contribution in [2.75, 3.05) is 27.9 Å². The van der Waals surface area contributed by atoms with Gasteiger partial charge >= 0.3 is 0 Å². The van der Waals surface area contributed by atoms with E-state index in [1.54, 1.807) is 27.4 Å². The Hall–Kier alpha value is -1.68. The van der Waals surface area contributed by atoms with Crippen molar-refractivity contribution in [3.8, 4) is 17.2 Å². The van der Waals surface area contributed by atoms with E-state index in [4.69, 9.17) is 19.3 Å². The first-order valence-electron chi connectivity index (χ1n) is 5.34. The average Bonchev–Trinajstić information content (AvgIpc) is 2.38. The van der Waals surface area contributed by atoms with Crippen LogP contribution < -0.4 is 14.2 Å². The fourth-order valence-corrected chi connectivity index (χ4v) is 1.47. The molecule has 0 amide bonds. The van der Waals surface area contributed by atoms with Crippen LogP contribution in [0.4, 0.5) is 0 Å². The van der Waals surface area contributed by atoms with Crippen LogP contribution in [0.1, 0.15) is 12.0 Å². The number of rotatable bonds is 6. The topological polar surface area (TPSA) is 47.9 Å². The van der Waals surface area contributed by atoms with E-state index in [1.165, 1.54) is 0 Å². The molecule has 0 atom stereocenters. The Balaban J connectivity index is 3.09. The van der Waals surface area contributed by atoms with Gasteiger partial charge in [0.2, 0.25) is 0 Å². The van der Waals surface area contributed by atoms with E-state index in [0.717, 1.165) is 5.56 Å². The van der Waals surface area contributed by atoms with Crippen molar-refractivity contribution in [2.45, 2.75) is 6.42 Å². The highest BCUT2D eigenvalue weighted by molar-refractivity contribution is 5.63. The van der Waals surface area contributed by atoms with Gasteiger partial charge in [0.25, 0.3) is 0 Å². The Morgan fingerprint density at radius 3 is 2.12 bits per heavy atom. The van der Waals surface area contributed by atoms with Crippen LogP contribution in [0.3, 0.4) is 0 Å². The van der Waals surface area contributed by atoms with Gasteiger partial charge in [-0.25, -0.2) is 0 Å². The smallest absolute Gasteiger partial charge is 0.164 e. The SMILES string of the molecule is COc1cc(OC)c(OC)cc1C=CCCO. The molecule has 0 heterocycles. The Morgan fingerprint density at radius 1 is 1.00 bits per heavy atom. The van der Waals surface area contributed by atoms with Gasteiger partial charge in [0.05, 0.1) is 21.3 Å². The highest BCUT2D eigenvalue weighted by atomic mass is 16.5. The zero-order chi connectivity index (χ0) is 12.7. The molecule has 0 saturated heterocycles. The van der Waals surface area contributed by atoms with E-state index in [9.17, 15) is 0 Å². The van der Waals surface area contributed by atoms with Crippen molar-refractivity contribution in [1.29, 1.82) is 0 Å². The lowest BCUT2D eigenvalue weighted by Crippen LogP contribution is -1.94. The number of aliphatic hydroxyl groups excluding tert-OH is 1. The van der Waals surface area contributed by atoms with Crippen LogP contribution in [-0.2, 0) is 0 Å². The largest absolute Gasteiger partial charge is 0.496 e. The summed E-state index contributed by atoms with van der Waals surface area (Å²) >= 11 is 0. The second-order valence-corrected chi connectivity index (χ2v) is 3.36. The number of hydrogen-bond donors (Lipinski definition) is 1. The first kappa shape index (κ1) is 13.4. The van der Waals surface area contributed by atoms with E-state index >= 15 is 0 Å². The fourth-order valence-electron chi connectivity index (χ4n) is 1.47. The minimum atomic E-state index is 0.131. The molecule has 0 unspecified atom stereocenters. The van der Waals surface area contributed by atoms with Gasteiger partial charge in [0.1, 0.15) is 5.75 Å². The van der Waals surface area contributed by atoms with Gasteiger partial charge in [-0.1, -0.05) is 12.2 Å². The van der Waals surface area contributed by atoms with Crippen molar-refractivity contribution in [2.24, 2.45) is 0 Å². The van der Waals surface area contributed by atoms with Crippen molar-refractivity contribution in [3.63, 3.8) is 0 Å². The molecule has 17 heavy (non-hydrogen) atoms. The van der Waals surface area contributed by atoms with Gasteiger partial charge in [0, 0.05) is 18.2 Å². The summed E-state index contributed by atoms with van der Waals surface area (Å²) in [5.74, 6) is 1.98. The molecule has 0 aliphatic rings. The van der Waals surface area contributed by atoms with E-state index in [-0.39, 0.29) is 6.61 Å². The Bertz CT molecular complexity index is 385. The third-order valence-corrected chi connectivity index (χ3v) is 2.33. The third kappa shape index (κ3) is 3.39. The van der Waals surface area contributed by atoms with Crippen LogP contribution in [0.2, 0.25) is 0 Å². The van der Waals surface area contributed by atoms with Gasteiger partial charge < -0.3 is 19.3 Å². The van der Waals surface area contributed by atoms with E-state index in [2.05, 4.69) is 0 Å². The maximum Gasteiger partial charge on any atom is 0.164 e. The molecule has 0 bridgehead atoms. The highest BCUT2D eigenvalue weighted by Crippen LogP contribution is 2.35. The number of hydrogen-bond acceptors (Lipinski definition) is 4. The maximum absolute atomic E-state index is 8.73. The highest BCUT2D eigenvalue weighted by Gasteiger charge is 2.09. The van der Waals surface area contributed by atoms with Gasteiger partial charge in [-0.05, 0) is 12.5 Å². The molecule has 0 saturated carbocycles. The molecule has 0 radical (unpaired) electrons. The maximum atomic E-state index is 8.73. The van der Waals surface area contributed by atoms with Crippen LogP contribution in [0, 0.1) is 0 Å². The van der Waals surface area contributed by atoms with Crippen molar-refractivity contribution in [3.05, 3.63) is 23.8 Å². The Labute approximate surface area is 101 Å². The zero-order valence-electron chi connectivity index (χ0n) is 10.4. The molecule has 0 spiro atoms. The molecule has 4 nitrogen and oxygen atoms in total. The summed E-state index contributed by atoms with van der Waals surface area (Å²) in [7, 11) is 4.77. The Kier molecular flexibility index (Phi) is 5.36. The van der Waals surface area contributed by atoms with E-state index in [0.29, 0.717) is 23.7 Å². The molecule has 4 heteroatoms. The minimum absolute atomic E-state index is 0.131. The number of benzene rings is 1.